The van der Waals surface area contributed by atoms with Crippen molar-refractivity contribution in [3.05, 3.63) is 59.9 Å². The van der Waals surface area contributed by atoms with Crippen LogP contribution in [0.25, 0.3) is 0 Å². The number of fused-ring (bicyclic) bond motifs is 1. The first kappa shape index (κ1) is 20.8. The van der Waals surface area contributed by atoms with Crippen molar-refractivity contribution in [2.45, 2.75) is 36.9 Å². The fraction of sp³-hybridized carbons (Fsp3) is 0.348. The molecule has 1 saturated carbocycles. The van der Waals surface area contributed by atoms with Gasteiger partial charge in [0.05, 0.1) is 4.90 Å². The molecular formula is C23H27N5O3S. The number of nitrogens with one attached hydrogen (secondary N) is 3. The Kier molecular flexibility index (Phi) is 5.52. The number of sulfonamides is 1. The van der Waals surface area contributed by atoms with Crippen LogP contribution in [0.5, 0.6) is 5.75 Å². The summed E-state index contributed by atoms with van der Waals surface area (Å²) in [5.74, 6) is 1.69. The van der Waals surface area contributed by atoms with Crippen molar-refractivity contribution in [3.63, 3.8) is 0 Å². The lowest BCUT2D eigenvalue weighted by Gasteiger charge is -2.36. The van der Waals surface area contributed by atoms with Gasteiger partial charge in [-0.2, -0.15) is 0 Å². The van der Waals surface area contributed by atoms with Gasteiger partial charge in [-0.15, -0.1) is 0 Å². The monoisotopic (exact) mass is 453 g/mol. The van der Waals surface area contributed by atoms with Gasteiger partial charge in [-0.25, -0.2) is 18.1 Å². The fourth-order valence-corrected chi connectivity index (χ4v) is 5.14. The molecule has 2 heterocycles. The van der Waals surface area contributed by atoms with Gasteiger partial charge < -0.3 is 20.6 Å². The molecule has 1 atom stereocenters. The highest BCUT2D eigenvalue weighted by molar-refractivity contribution is 7.89. The average molecular weight is 454 g/mol. The number of phenols is 1. The van der Waals surface area contributed by atoms with Gasteiger partial charge in [0.25, 0.3) is 0 Å². The Hall–Kier alpha value is -3.04. The number of phenolic OH excluding ortho intramolecular Hbond substituents is 1. The molecule has 1 fully saturated rings. The van der Waals surface area contributed by atoms with Crippen molar-refractivity contribution in [3.8, 4) is 5.75 Å². The Balaban J connectivity index is 1.24. The molecule has 8 nitrogen and oxygen atoms in total. The first-order valence-corrected chi connectivity index (χ1v) is 12.4. The molecule has 0 radical (unpaired) electrons. The lowest BCUT2D eigenvalue weighted by Crippen LogP contribution is -2.44. The Morgan fingerprint density at radius 2 is 1.97 bits per heavy atom. The molecule has 1 unspecified atom stereocenters. The van der Waals surface area contributed by atoms with E-state index >= 15 is 0 Å². The lowest BCUT2D eigenvalue weighted by atomic mass is 10.0. The molecule has 168 valence electrons. The highest BCUT2D eigenvalue weighted by Gasteiger charge is 2.25. The van der Waals surface area contributed by atoms with Gasteiger partial charge >= 0.3 is 0 Å². The van der Waals surface area contributed by atoms with E-state index in [0.29, 0.717) is 12.5 Å². The van der Waals surface area contributed by atoms with Crippen molar-refractivity contribution in [2.75, 3.05) is 23.3 Å². The minimum absolute atomic E-state index is 0.262. The first-order chi connectivity index (χ1) is 15.5. The molecule has 4 N–H and O–H groups in total. The summed E-state index contributed by atoms with van der Waals surface area (Å²) >= 11 is 0. The highest BCUT2D eigenvalue weighted by atomic mass is 32.2. The van der Waals surface area contributed by atoms with Crippen molar-refractivity contribution >= 4 is 27.6 Å². The van der Waals surface area contributed by atoms with Crippen LogP contribution >= 0.6 is 0 Å². The van der Waals surface area contributed by atoms with E-state index in [-0.39, 0.29) is 16.9 Å². The van der Waals surface area contributed by atoms with Crippen molar-refractivity contribution < 1.29 is 13.5 Å². The number of anilines is 2. The van der Waals surface area contributed by atoms with Crippen LogP contribution in [0.4, 0.5) is 11.4 Å². The molecule has 9 heteroatoms. The van der Waals surface area contributed by atoms with Crippen molar-refractivity contribution in [1.29, 1.82) is 0 Å². The molecule has 0 aromatic heterocycles. The van der Waals surface area contributed by atoms with Crippen molar-refractivity contribution in [1.82, 2.24) is 10.0 Å². The van der Waals surface area contributed by atoms with Gasteiger partial charge in [0, 0.05) is 30.7 Å². The minimum Gasteiger partial charge on any atom is -0.508 e. The zero-order chi connectivity index (χ0) is 22.1. The van der Waals surface area contributed by atoms with E-state index in [1.54, 1.807) is 36.5 Å². The van der Waals surface area contributed by atoms with Crippen LogP contribution in [-0.2, 0) is 16.4 Å². The lowest BCUT2D eigenvalue weighted by molar-refractivity contribution is 0.474. The van der Waals surface area contributed by atoms with Crippen LogP contribution < -0.4 is 20.3 Å². The molecule has 0 amide bonds. The minimum atomic E-state index is -3.48. The number of aliphatic imine (C=N–C) groups is 1. The standard InChI is InChI=1S/C23H27N5O3S/c29-19-7-10-21-17(14-19)2-1-13-28(21)22-11-12-24-23(27-22)26-18-5-8-20(9-6-18)32(30,31)25-15-16-3-4-16/h5-12,14,16,23,25-27,29H,1-4,13,15H2. The maximum Gasteiger partial charge on any atom is 0.240 e. The third-order valence-corrected chi connectivity index (χ3v) is 7.39. The Morgan fingerprint density at radius 1 is 1.16 bits per heavy atom. The second-order valence-electron chi connectivity index (χ2n) is 8.43. The third-order valence-electron chi connectivity index (χ3n) is 5.95. The Labute approximate surface area is 188 Å². The molecule has 0 spiro atoms. The smallest absolute Gasteiger partial charge is 0.240 e. The van der Waals surface area contributed by atoms with E-state index in [9.17, 15) is 13.5 Å². The fourth-order valence-electron chi connectivity index (χ4n) is 4.02. The van der Waals surface area contributed by atoms with Crippen LogP contribution in [0.3, 0.4) is 0 Å². The normalized spacial score (nSPS) is 20.3. The number of hydrogen-bond donors (Lipinski definition) is 4. The second kappa shape index (κ2) is 8.48. The van der Waals surface area contributed by atoms with Crippen LogP contribution in [0, 0.1) is 5.92 Å². The Morgan fingerprint density at radius 3 is 2.75 bits per heavy atom. The van der Waals surface area contributed by atoms with Gasteiger partial charge in [0.2, 0.25) is 10.0 Å². The van der Waals surface area contributed by atoms with Crippen LogP contribution in [0.1, 0.15) is 24.8 Å². The summed E-state index contributed by atoms with van der Waals surface area (Å²) in [6.07, 6.45) is 7.45. The number of aromatic hydroxyl groups is 1. The van der Waals surface area contributed by atoms with Gasteiger partial charge in [0.1, 0.15) is 11.6 Å². The van der Waals surface area contributed by atoms with Crippen LogP contribution in [0.2, 0.25) is 0 Å². The molecule has 2 aromatic carbocycles. The molecule has 2 aromatic rings. The summed E-state index contributed by atoms with van der Waals surface area (Å²) in [6, 6.07) is 12.2. The summed E-state index contributed by atoms with van der Waals surface area (Å²) in [6.45, 7) is 1.38. The maximum atomic E-state index is 12.4. The quantitative estimate of drug-likeness (QED) is 0.514. The highest BCUT2D eigenvalue weighted by Crippen LogP contribution is 2.32. The maximum absolute atomic E-state index is 12.4. The number of benzene rings is 2. The molecule has 0 saturated heterocycles. The average Bonchev–Trinajstić information content (AvgIpc) is 3.62. The molecule has 1 aliphatic carbocycles. The summed E-state index contributed by atoms with van der Waals surface area (Å²) in [5, 5.41) is 16.5. The third kappa shape index (κ3) is 4.58. The van der Waals surface area contributed by atoms with Gasteiger partial charge in [-0.05, 0) is 85.7 Å². The number of aryl methyl sites for hydroxylation is 1. The molecule has 2 aliphatic heterocycles. The zero-order valence-electron chi connectivity index (χ0n) is 17.7. The summed E-state index contributed by atoms with van der Waals surface area (Å²) in [7, 11) is -3.48. The first-order valence-electron chi connectivity index (χ1n) is 10.9. The summed E-state index contributed by atoms with van der Waals surface area (Å²) < 4.78 is 27.5. The number of hydrogen-bond acceptors (Lipinski definition) is 7. The molecular weight excluding hydrogens is 426 g/mol. The predicted molar refractivity (Wildman–Crippen MR) is 125 cm³/mol. The predicted octanol–water partition coefficient (Wildman–Crippen LogP) is 2.74. The second-order valence-corrected chi connectivity index (χ2v) is 10.2. The van der Waals surface area contributed by atoms with Gasteiger partial charge in [-0.3, -0.25) is 0 Å². The number of nitrogens with zero attached hydrogens (tertiary/aromatic N) is 2. The van der Waals surface area contributed by atoms with Crippen molar-refractivity contribution in [2.24, 2.45) is 10.9 Å². The summed E-state index contributed by atoms with van der Waals surface area (Å²) in [4.78, 5) is 6.90. The van der Waals surface area contributed by atoms with E-state index in [0.717, 1.165) is 55.0 Å². The SMILES string of the molecule is O=S(=O)(NCC1CC1)c1ccc(NC2N=CC=C(N3CCCc4cc(O)ccc43)N2)cc1. The van der Waals surface area contributed by atoms with E-state index in [4.69, 9.17) is 0 Å². The zero-order valence-corrected chi connectivity index (χ0v) is 18.5. The largest absolute Gasteiger partial charge is 0.508 e. The van der Waals surface area contributed by atoms with E-state index < -0.39 is 10.0 Å². The summed E-state index contributed by atoms with van der Waals surface area (Å²) in [5.41, 5.74) is 2.97. The van der Waals surface area contributed by atoms with Crippen LogP contribution in [0.15, 0.2) is 64.2 Å². The molecule has 3 aliphatic rings. The van der Waals surface area contributed by atoms with Gasteiger partial charge in [0.15, 0.2) is 6.29 Å². The van der Waals surface area contributed by atoms with Crippen LogP contribution in [-0.4, -0.2) is 39.1 Å². The van der Waals surface area contributed by atoms with E-state index in [2.05, 4.69) is 25.2 Å². The topological polar surface area (TPSA) is 106 Å². The van der Waals surface area contributed by atoms with E-state index in [1.807, 2.05) is 18.2 Å². The van der Waals surface area contributed by atoms with Gasteiger partial charge in [-0.1, -0.05) is 0 Å². The molecule has 5 rings (SSSR count). The van der Waals surface area contributed by atoms with E-state index in [1.165, 1.54) is 0 Å². The molecule has 32 heavy (non-hydrogen) atoms. The Bertz CT molecular complexity index is 1160. The number of allylic oxidation sites excluding steroid dienone is 1. The molecule has 0 bridgehead atoms. The number of rotatable bonds is 7.